The zero-order valence-corrected chi connectivity index (χ0v) is 18.4. The van der Waals surface area contributed by atoms with Gasteiger partial charge in [-0.2, -0.15) is 13.2 Å². The Bertz CT molecular complexity index is 1230. The highest BCUT2D eigenvalue weighted by molar-refractivity contribution is 7.92. The van der Waals surface area contributed by atoms with E-state index in [0.29, 0.717) is 19.2 Å². The quantitative estimate of drug-likeness (QED) is 0.652. The summed E-state index contributed by atoms with van der Waals surface area (Å²) in [6.07, 6.45) is -6.28. The smallest absolute Gasteiger partial charge is 0.416 e. The lowest BCUT2D eigenvalue weighted by Crippen LogP contribution is -2.48. The van der Waals surface area contributed by atoms with Crippen LogP contribution < -0.4 is 14.4 Å². The number of amides is 2. The molecule has 1 saturated heterocycles. The number of sulfonamides is 1. The van der Waals surface area contributed by atoms with Crippen LogP contribution in [0.2, 0.25) is 0 Å². The van der Waals surface area contributed by atoms with Gasteiger partial charge in [0.2, 0.25) is 5.91 Å². The minimum absolute atomic E-state index is 0.0363. The van der Waals surface area contributed by atoms with E-state index in [1.165, 1.54) is 18.2 Å². The second-order valence-electron chi connectivity index (χ2n) is 7.85. The maximum atomic E-state index is 13.5. The second-order valence-corrected chi connectivity index (χ2v) is 9.72. The number of carboxylic acid groups (broad SMARTS) is 1. The van der Waals surface area contributed by atoms with E-state index < -0.39 is 38.9 Å². The third-order valence-electron chi connectivity index (χ3n) is 5.50. The van der Waals surface area contributed by atoms with Crippen molar-refractivity contribution in [3.05, 3.63) is 48.0 Å². The highest BCUT2D eigenvalue weighted by Crippen LogP contribution is 2.40. The lowest BCUT2D eigenvalue weighted by Gasteiger charge is -2.37. The molecule has 13 heteroatoms. The second kappa shape index (κ2) is 8.70. The summed E-state index contributed by atoms with van der Waals surface area (Å²) in [5.41, 5.74) is -1.15. The summed E-state index contributed by atoms with van der Waals surface area (Å²) in [6.45, 7) is 0.846. The predicted octanol–water partition coefficient (Wildman–Crippen LogP) is 3.37. The van der Waals surface area contributed by atoms with E-state index in [0.717, 1.165) is 28.9 Å². The Labute approximate surface area is 192 Å². The first kappa shape index (κ1) is 23.7. The van der Waals surface area contributed by atoms with Gasteiger partial charge in [-0.05, 0) is 42.8 Å². The van der Waals surface area contributed by atoms with Gasteiger partial charge in [0.1, 0.15) is 11.9 Å². The average Bonchev–Trinajstić information content (AvgIpc) is 2.71. The van der Waals surface area contributed by atoms with E-state index in [1.54, 1.807) is 4.90 Å². The van der Waals surface area contributed by atoms with Crippen LogP contribution in [0.5, 0.6) is 5.75 Å². The molecule has 2 aliphatic heterocycles. The van der Waals surface area contributed by atoms with Crippen molar-refractivity contribution in [1.82, 2.24) is 4.90 Å². The number of benzene rings is 2. The summed E-state index contributed by atoms with van der Waals surface area (Å²) in [5.74, 6) is -0.167. The first-order chi connectivity index (χ1) is 15.9. The Kier molecular flexibility index (Phi) is 6.06. The summed E-state index contributed by atoms with van der Waals surface area (Å²) in [7, 11) is -4.53. The fourth-order valence-electron chi connectivity index (χ4n) is 3.70. The Hall–Kier alpha value is -3.48. The van der Waals surface area contributed by atoms with E-state index in [9.17, 15) is 31.2 Å². The van der Waals surface area contributed by atoms with E-state index in [2.05, 4.69) is 5.32 Å². The van der Waals surface area contributed by atoms with Crippen molar-refractivity contribution in [2.45, 2.75) is 30.0 Å². The summed E-state index contributed by atoms with van der Waals surface area (Å²) in [4.78, 5) is 24.5. The van der Waals surface area contributed by atoms with Gasteiger partial charge in [-0.1, -0.05) is 6.07 Å². The first-order valence-corrected chi connectivity index (χ1v) is 11.7. The number of rotatable bonds is 5. The third-order valence-corrected chi connectivity index (χ3v) is 7.28. The highest BCUT2D eigenvalue weighted by Gasteiger charge is 2.38. The number of halogens is 3. The number of carbonyl (C=O) groups excluding carboxylic acids is 1. The monoisotopic (exact) mass is 499 g/mol. The SMILES string of the molecule is O=C(O)Nc1ccc2c(c1)N(S(=O)(=O)c1cccc(C(F)(F)F)c1)CC(CC(=O)N1CCC1)O2. The molecular formula is C21H20F3N3O6S. The van der Waals surface area contributed by atoms with E-state index in [1.807, 2.05) is 0 Å². The van der Waals surface area contributed by atoms with Crippen molar-refractivity contribution < 1.29 is 41.0 Å². The number of hydrogen-bond donors (Lipinski definition) is 2. The van der Waals surface area contributed by atoms with Crippen molar-refractivity contribution in [1.29, 1.82) is 0 Å². The molecule has 9 nitrogen and oxygen atoms in total. The van der Waals surface area contributed by atoms with Gasteiger partial charge in [0.05, 0.1) is 29.1 Å². The molecule has 2 aromatic rings. The molecule has 0 bridgehead atoms. The Morgan fingerprint density at radius 3 is 2.50 bits per heavy atom. The fourth-order valence-corrected chi connectivity index (χ4v) is 5.24. The van der Waals surface area contributed by atoms with Crippen LogP contribution in [-0.4, -0.2) is 56.2 Å². The van der Waals surface area contributed by atoms with Crippen molar-refractivity contribution in [3.8, 4) is 5.75 Å². The lowest BCUT2D eigenvalue weighted by molar-refractivity contribution is -0.138. The number of nitrogens with one attached hydrogen (secondary N) is 1. The van der Waals surface area contributed by atoms with E-state index in [-0.39, 0.29) is 36.0 Å². The molecule has 0 spiro atoms. The molecule has 2 heterocycles. The lowest BCUT2D eigenvalue weighted by atomic mass is 10.1. The number of hydrogen-bond acceptors (Lipinski definition) is 5. The maximum Gasteiger partial charge on any atom is 0.416 e. The van der Waals surface area contributed by atoms with Crippen LogP contribution in [0.25, 0.3) is 0 Å². The van der Waals surface area contributed by atoms with Crippen LogP contribution in [0, 0.1) is 0 Å². The zero-order valence-electron chi connectivity index (χ0n) is 17.6. The van der Waals surface area contributed by atoms with Crippen molar-refractivity contribution >= 4 is 33.4 Å². The molecule has 0 radical (unpaired) electrons. The molecule has 0 saturated carbocycles. The van der Waals surface area contributed by atoms with E-state index in [4.69, 9.17) is 9.84 Å². The van der Waals surface area contributed by atoms with Crippen LogP contribution in [-0.2, 0) is 21.0 Å². The molecule has 2 N–H and O–H groups in total. The van der Waals surface area contributed by atoms with Gasteiger partial charge >= 0.3 is 12.3 Å². The largest absolute Gasteiger partial charge is 0.486 e. The highest BCUT2D eigenvalue weighted by atomic mass is 32.2. The molecule has 34 heavy (non-hydrogen) atoms. The third kappa shape index (κ3) is 4.74. The standard InChI is InChI=1S/C21H20F3N3O6S/c22-21(23,24)13-3-1-4-16(9-13)34(31,32)27-12-15(11-19(28)26-7-2-8-26)33-18-6-5-14(10-17(18)27)25-20(29)30/h1,3-6,9-10,15,25H,2,7-8,11-12H2,(H,29,30). The van der Waals surface area contributed by atoms with Crippen molar-refractivity contribution in [2.24, 2.45) is 0 Å². The molecule has 182 valence electrons. The zero-order chi connectivity index (χ0) is 24.7. The average molecular weight is 499 g/mol. The molecular weight excluding hydrogens is 479 g/mol. The molecule has 0 aliphatic carbocycles. The number of likely N-dealkylation sites (tertiary alicyclic amines) is 1. The van der Waals surface area contributed by atoms with Gasteiger partial charge in [0.15, 0.2) is 0 Å². The van der Waals surface area contributed by atoms with Gasteiger partial charge in [-0.15, -0.1) is 0 Å². The number of anilines is 2. The Morgan fingerprint density at radius 2 is 1.88 bits per heavy atom. The van der Waals surface area contributed by atoms with Crippen LogP contribution in [0.15, 0.2) is 47.4 Å². The number of fused-ring (bicyclic) bond motifs is 1. The van der Waals surface area contributed by atoms with Gasteiger partial charge in [-0.3, -0.25) is 14.4 Å². The summed E-state index contributed by atoms with van der Waals surface area (Å²) in [6, 6.07) is 7.22. The summed E-state index contributed by atoms with van der Waals surface area (Å²) < 4.78 is 73.2. The van der Waals surface area contributed by atoms with Crippen LogP contribution >= 0.6 is 0 Å². The number of ether oxygens (including phenoxy) is 1. The predicted molar refractivity (Wildman–Crippen MR) is 114 cm³/mol. The number of alkyl halides is 3. The molecule has 2 aromatic carbocycles. The first-order valence-electron chi connectivity index (χ1n) is 10.2. The Morgan fingerprint density at radius 1 is 1.15 bits per heavy atom. The summed E-state index contributed by atoms with van der Waals surface area (Å²) >= 11 is 0. The maximum absolute atomic E-state index is 13.5. The summed E-state index contributed by atoms with van der Waals surface area (Å²) in [5, 5.41) is 11.1. The molecule has 1 unspecified atom stereocenters. The minimum Gasteiger partial charge on any atom is -0.486 e. The van der Waals surface area contributed by atoms with Crippen LogP contribution in [0.4, 0.5) is 29.3 Å². The number of carbonyl (C=O) groups is 2. The molecule has 2 aliphatic rings. The minimum atomic E-state index is -4.75. The van der Waals surface area contributed by atoms with Crippen LogP contribution in [0.1, 0.15) is 18.4 Å². The molecule has 0 aromatic heterocycles. The molecule has 1 atom stereocenters. The van der Waals surface area contributed by atoms with E-state index >= 15 is 0 Å². The van der Waals surface area contributed by atoms with Crippen LogP contribution in [0.3, 0.4) is 0 Å². The van der Waals surface area contributed by atoms with Gasteiger partial charge in [0.25, 0.3) is 10.0 Å². The normalized spacial score (nSPS) is 17.9. The van der Waals surface area contributed by atoms with Gasteiger partial charge in [-0.25, -0.2) is 13.2 Å². The number of nitrogens with zero attached hydrogens (tertiary/aromatic N) is 2. The van der Waals surface area contributed by atoms with Gasteiger partial charge in [0, 0.05) is 18.8 Å². The molecule has 4 rings (SSSR count). The molecule has 1 fully saturated rings. The molecule has 2 amide bonds. The van der Waals surface area contributed by atoms with Gasteiger partial charge < -0.3 is 14.7 Å². The topological polar surface area (TPSA) is 116 Å². The van der Waals surface area contributed by atoms with Crippen molar-refractivity contribution in [2.75, 3.05) is 29.3 Å². The Balaban J connectivity index is 1.73. The fraction of sp³-hybridized carbons (Fsp3) is 0.333. The van der Waals surface area contributed by atoms with Crippen molar-refractivity contribution in [3.63, 3.8) is 0 Å².